The molecule has 0 aromatic heterocycles. The Morgan fingerprint density at radius 3 is 2.46 bits per heavy atom. The largest absolute Gasteiger partial charge is 0.393 e. The van der Waals surface area contributed by atoms with Crippen molar-refractivity contribution in [3.8, 4) is 0 Å². The molecule has 0 aromatic carbocycles. The van der Waals surface area contributed by atoms with Crippen LogP contribution in [0.4, 0.5) is 0 Å². The average molecular weight is 503 g/mol. The highest BCUT2D eigenvalue weighted by molar-refractivity contribution is 5.92. The van der Waals surface area contributed by atoms with E-state index in [9.17, 15) is 35.4 Å². The summed E-state index contributed by atoms with van der Waals surface area (Å²) >= 11 is 0. The van der Waals surface area contributed by atoms with Gasteiger partial charge < -0.3 is 49.6 Å². The second-order valence-electron chi connectivity index (χ2n) is 10.5. The number of carbonyl (C=O) groups is 1. The van der Waals surface area contributed by atoms with E-state index in [1.165, 1.54) is 0 Å². The normalized spacial score (nSPS) is 42.9. The van der Waals surface area contributed by atoms with E-state index in [1.54, 1.807) is 19.1 Å². The van der Waals surface area contributed by atoms with Crippen LogP contribution in [0.25, 0.3) is 0 Å². The zero-order valence-corrected chi connectivity index (χ0v) is 20.5. The molecule has 0 aromatic rings. The van der Waals surface area contributed by atoms with Crippen LogP contribution in [0, 0.1) is 11.3 Å². The molecular formula is C24H38O11. The molecule has 35 heavy (non-hydrogen) atoms. The van der Waals surface area contributed by atoms with Crippen molar-refractivity contribution in [2.75, 3.05) is 19.8 Å². The number of hydrogen-bond acceptors (Lipinski definition) is 11. The quantitative estimate of drug-likeness (QED) is 0.219. The van der Waals surface area contributed by atoms with Crippen LogP contribution >= 0.6 is 0 Å². The molecule has 2 heterocycles. The Balaban J connectivity index is 1.60. The lowest BCUT2D eigenvalue weighted by Gasteiger charge is -2.41. The Morgan fingerprint density at radius 2 is 1.86 bits per heavy atom. The molecule has 0 radical (unpaired) electrons. The predicted octanol–water partition coefficient (Wildman–Crippen LogP) is -1.23. The van der Waals surface area contributed by atoms with E-state index in [-0.39, 0.29) is 30.3 Å². The van der Waals surface area contributed by atoms with E-state index < -0.39 is 61.4 Å². The smallest absolute Gasteiger partial charge is 0.187 e. The van der Waals surface area contributed by atoms with E-state index in [0.29, 0.717) is 6.42 Å². The Kier molecular flexibility index (Phi) is 8.91. The fourth-order valence-electron chi connectivity index (χ4n) is 4.80. The van der Waals surface area contributed by atoms with Crippen LogP contribution in [0.2, 0.25) is 0 Å². The van der Waals surface area contributed by atoms with Crippen LogP contribution in [0.1, 0.15) is 34.1 Å². The highest BCUT2D eigenvalue weighted by Gasteiger charge is 2.50. The van der Waals surface area contributed by atoms with Crippen molar-refractivity contribution < 1.29 is 54.4 Å². The number of carbonyl (C=O) groups excluding carboxylic acids is 1. The van der Waals surface area contributed by atoms with Crippen LogP contribution in [-0.2, 0) is 23.7 Å². The zero-order chi connectivity index (χ0) is 26.1. The van der Waals surface area contributed by atoms with Gasteiger partial charge in [0.1, 0.15) is 36.1 Å². The lowest BCUT2D eigenvalue weighted by Crippen LogP contribution is -2.60. The molecule has 11 heteroatoms. The molecule has 3 aliphatic rings. The minimum Gasteiger partial charge on any atom is -0.393 e. The Bertz CT molecular complexity index is 811. The Hall–Kier alpha value is -1.25. The summed E-state index contributed by atoms with van der Waals surface area (Å²) in [4.78, 5) is 11.9. The van der Waals surface area contributed by atoms with Gasteiger partial charge in [0.05, 0.1) is 25.9 Å². The van der Waals surface area contributed by atoms with Crippen LogP contribution in [0.15, 0.2) is 23.8 Å². The molecule has 1 aliphatic carbocycles. The fourth-order valence-corrected chi connectivity index (χ4v) is 4.80. The molecule has 2 fully saturated rings. The van der Waals surface area contributed by atoms with Crippen LogP contribution in [0.5, 0.6) is 0 Å². The molecule has 2 aliphatic heterocycles. The predicted molar refractivity (Wildman–Crippen MR) is 121 cm³/mol. The van der Waals surface area contributed by atoms with Gasteiger partial charge in [-0.3, -0.25) is 4.79 Å². The Morgan fingerprint density at radius 1 is 1.17 bits per heavy atom. The fraction of sp³-hybridized carbons (Fsp3) is 0.792. The molecule has 0 amide bonds. The molecule has 3 rings (SSSR count). The molecule has 0 saturated carbocycles. The first-order chi connectivity index (χ1) is 16.3. The highest BCUT2D eigenvalue weighted by Crippen LogP contribution is 2.40. The summed E-state index contributed by atoms with van der Waals surface area (Å²) < 4.78 is 22.0. The van der Waals surface area contributed by atoms with E-state index in [1.807, 2.05) is 26.8 Å². The van der Waals surface area contributed by atoms with Gasteiger partial charge in [0.2, 0.25) is 0 Å². The van der Waals surface area contributed by atoms with Gasteiger partial charge in [-0.15, -0.1) is 0 Å². The first kappa shape index (κ1) is 28.3. The second-order valence-corrected chi connectivity index (χ2v) is 10.5. The number of ketones is 1. The van der Waals surface area contributed by atoms with Crippen LogP contribution < -0.4 is 0 Å². The SMILES string of the molecule is CC1=CC(=O)CC(C)(C)C1/C=C/[C@@H](C)O[C@@H]1O[C@H](CO[C@@H]2OC[C@](O)(CO)[C@H]2O)[C@@H](O)[C@H](O)[C@H]1O. The van der Waals surface area contributed by atoms with Gasteiger partial charge in [-0.05, 0) is 25.3 Å². The zero-order valence-electron chi connectivity index (χ0n) is 20.5. The van der Waals surface area contributed by atoms with Gasteiger partial charge >= 0.3 is 0 Å². The lowest BCUT2D eigenvalue weighted by molar-refractivity contribution is -0.314. The third-order valence-corrected chi connectivity index (χ3v) is 6.95. The second kappa shape index (κ2) is 11.0. The molecular weight excluding hydrogens is 464 g/mol. The van der Waals surface area contributed by atoms with Crippen molar-refractivity contribution in [1.82, 2.24) is 0 Å². The summed E-state index contributed by atoms with van der Waals surface area (Å²) in [5, 5.41) is 60.4. The average Bonchev–Trinajstić information content (AvgIpc) is 3.06. The van der Waals surface area contributed by atoms with Gasteiger partial charge in [-0.25, -0.2) is 0 Å². The molecule has 1 unspecified atom stereocenters. The monoisotopic (exact) mass is 502 g/mol. The number of ether oxygens (including phenoxy) is 4. The van der Waals surface area contributed by atoms with Crippen molar-refractivity contribution in [3.05, 3.63) is 23.8 Å². The van der Waals surface area contributed by atoms with Crippen LogP contribution in [0.3, 0.4) is 0 Å². The number of hydrogen-bond donors (Lipinski definition) is 6. The molecule has 0 spiro atoms. The minimum absolute atomic E-state index is 0.0208. The van der Waals surface area contributed by atoms with Gasteiger partial charge in [-0.1, -0.05) is 31.6 Å². The molecule has 0 bridgehead atoms. The summed E-state index contributed by atoms with van der Waals surface area (Å²) in [5.74, 6) is 0.116. The highest BCUT2D eigenvalue weighted by atomic mass is 16.7. The summed E-state index contributed by atoms with van der Waals surface area (Å²) in [7, 11) is 0. The van der Waals surface area contributed by atoms with Crippen molar-refractivity contribution >= 4 is 5.78 Å². The van der Waals surface area contributed by atoms with Crippen LogP contribution in [-0.4, -0.2) is 111 Å². The topological polar surface area (TPSA) is 175 Å². The van der Waals surface area contributed by atoms with Crippen molar-refractivity contribution in [1.29, 1.82) is 0 Å². The van der Waals surface area contributed by atoms with E-state index in [2.05, 4.69) is 0 Å². The van der Waals surface area contributed by atoms with Crippen molar-refractivity contribution in [2.24, 2.45) is 11.3 Å². The first-order valence-corrected chi connectivity index (χ1v) is 11.8. The number of aliphatic hydroxyl groups excluding tert-OH is 5. The Labute approximate surface area is 204 Å². The first-order valence-electron chi connectivity index (χ1n) is 11.8. The van der Waals surface area contributed by atoms with Gasteiger partial charge in [0.15, 0.2) is 18.4 Å². The summed E-state index contributed by atoms with van der Waals surface area (Å²) in [6.07, 6.45) is -4.60. The maximum absolute atomic E-state index is 11.9. The summed E-state index contributed by atoms with van der Waals surface area (Å²) in [5.41, 5.74) is -1.18. The molecule has 6 N–H and O–H groups in total. The van der Waals surface area contributed by atoms with Gasteiger partial charge in [-0.2, -0.15) is 0 Å². The number of rotatable bonds is 8. The van der Waals surface area contributed by atoms with Gasteiger partial charge in [0.25, 0.3) is 0 Å². The third kappa shape index (κ3) is 6.19. The van der Waals surface area contributed by atoms with E-state index in [4.69, 9.17) is 18.9 Å². The standard InChI is InChI=1S/C24H38O11/c1-12-7-14(26)8-23(3,4)15(12)6-5-13(2)34-21-19(29)18(28)17(27)16(35-21)9-32-22-20(30)24(31,10-25)11-33-22/h5-7,13,15-22,25,27-31H,8-11H2,1-4H3/b6-5+/t13-,15?,16-,17-,18+,19-,20+,21-,22-,24-/m1/s1. The minimum atomic E-state index is -1.87. The van der Waals surface area contributed by atoms with Crippen molar-refractivity contribution in [3.63, 3.8) is 0 Å². The summed E-state index contributed by atoms with van der Waals surface area (Å²) in [6.45, 7) is 6.24. The number of aliphatic hydroxyl groups is 6. The van der Waals surface area contributed by atoms with E-state index in [0.717, 1.165) is 5.57 Å². The third-order valence-electron chi connectivity index (χ3n) is 6.95. The van der Waals surface area contributed by atoms with Crippen molar-refractivity contribution in [2.45, 2.75) is 88.9 Å². The molecule has 11 nitrogen and oxygen atoms in total. The number of allylic oxidation sites excluding steroid dienone is 3. The maximum Gasteiger partial charge on any atom is 0.187 e. The maximum atomic E-state index is 11.9. The summed E-state index contributed by atoms with van der Waals surface area (Å²) in [6, 6.07) is 0. The van der Waals surface area contributed by atoms with Gasteiger partial charge in [0, 0.05) is 12.3 Å². The molecule has 2 saturated heterocycles. The molecule has 10 atom stereocenters. The molecule has 200 valence electrons. The van der Waals surface area contributed by atoms with E-state index >= 15 is 0 Å². The lowest BCUT2D eigenvalue weighted by atomic mass is 9.68.